The van der Waals surface area contributed by atoms with Crippen molar-refractivity contribution < 1.29 is 8.78 Å². The number of halogens is 2. The predicted octanol–water partition coefficient (Wildman–Crippen LogP) is 3.54. The standard InChI is InChI=1S/C13H23F2N/c1-10(2)11-3-5-12(6-4-11)16-8-7-13(14,15)9-16/h10-12H,3-9H2,1-2H3. The number of alkyl halides is 2. The summed E-state index contributed by atoms with van der Waals surface area (Å²) < 4.78 is 26.2. The highest BCUT2D eigenvalue weighted by Gasteiger charge is 2.41. The number of nitrogens with zero attached hydrogens (tertiary/aromatic N) is 1. The third-order valence-electron chi connectivity index (χ3n) is 4.40. The molecule has 1 nitrogen and oxygen atoms in total. The summed E-state index contributed by atoms with van der Waals surface area (Å²) in [5, 5.41) is 0. The number of likely N-dealkylation sites (tertiary alicyclic amines) is 1. The van der Waals surface area contributed by atoms with Gasteiger partial charge in [-0.2, -0.15) is 0 Å². The van der Waals surface area contributed by atoms with Crippen molar-refractivity contribution in [1.82, 2.24) is 4.90 Å². The number of hydrogen-bond donors (Lipinski definition) is 0. The van der Waals surface area contributed by atoms with Gasteiger partial charge in [0.15, 0.2) is 0 Å². The van der Waals surface area contributed by atoms with Gasteiger partial charge in [-0.3, -0.25) is 4.90 Å². The summed E-state index contributed by atoms with van der Waals surface area (Å²) in [4.78, 5) is 2.02. The molecule has 1 aliphatic heterocycles. The molecule has 0 N–H and O–H groups in total. The molecule has 1 saturated heterocycles. The molecule has 0 amide bonds. The molecule has 3 heteroatoms. The van der Waals surface area contributed by atoms with Crippen molar-refractivity contribution in [2.75, 3.05) is 13.1 Å². The van der Waals surface area contributed by atoms with Gasteiger partial charge in [-0.25, -0.2) is 8.78 Å². The van der Waals surface area contributed by atoms with Crippen molar-refractivity contribution >= 4 is 0 Å². The molecule has 0 radical (unpaired) electrons. The van der Waals surface area contributed by atoms with Crippen molar-refractivity contribution in [2.24, 2.45) is 11.8 Å². The van der Waals surface area contributed by atoms with Gasteiger partial charge >= 0.3 is 0 Å². The van der Waals surface area contributed by atoms with Crippen LogP contribution in [0.3, 0.4) is 0 Å². The Labute approximate surface area is 97.2 Å². The minimum Gasteiger partial charge on any atom is -0.294 e. The zero-order valence-corrected chi connectivity index (χ0v) is 10.4. The molecule has 0 bridgehead atoms. The highest BCUT2D eigenvalue weighted by Crippen LogP contribution is 2.36. The van der Waals surface area contributed by atoms with Crippen LogP contribution < -0.4 is 0 Å². The average Bonchev–Trinajstić information content (AvgIpc) is 2.59. The van der Waals surface area contributed by atoms with Crippen molar-refractivity contribution in [3.8, 4) is 0 Å². The molecular weight excluding hydrogens is 208 g/mol. The summed E-state index contributed by atoms with van der Waals surface area (Å²) in [5.41, 5.74) is 0. The summed E-state index contributed by atoms with van der Waals surface area (Å²) in [5.74, 6) is -0.852. The monoisotopic (exact) mass is 231 g/mol. The predicted molar refractivity (Wildman–Crippen MR) is 61.7 cm³/mol. The molecule has 0 aromatic carbocycles. The second kappa shape index (κ2) is 4.59. The van der Waals surface area contributed by atoms with Crippen LogP contribution in [0.25, 0.3) is 0 Å². The third kappa shape index (κ3) is 2.73. The Balaban J connectivity index is 1.81. The molecule has 0 unspecified atom stereocenters. The van der Waals surface area contributed by atoms with Gasteiger partial charge < -0.3 is 0 Å². The molecule has 2 fully saturated rings. The van der Waals surface area contributed by atoms with Crippen LogP contribution >= 0.6 is 0 Å². The minimum atomic E-state index is -2.42. The van der Waals surface area contributed by atoms with Crippen LogP contribution in [0.5, 0.6) is 0 Å². The molecular formula is C13H23F2N. The Morgan fingerprint density at radius 2 is 1.75 bits per heavy atom. The fourth-order valence-electron chi connectivity index (χ4n) is 3.21. The first-order valence-corrected chi connectivity index (χ1v) is 6.60. The molecule has 0 atom stereocenters. The van der Waals surface area contributed by atoms with E-state index in [0.717, 1.165) is 24.7 Å². The maximum Gasteiger partial charge on any atom is 0.261 e. The van der Waals surface area contributed by atoms with Crippen molar-refractivity contribution in [3.63, 3.8) is 0 Å². The lowest BCUT2D eigenvalue weighted by Crippen LogP contribution is -2.38. The van der Waals surface area contributed by atoms with Gasteiger partial charge in [0.25, 0.3) is 5.92 Å². The fraction of sp³-hybridized carbons (Fsp3) is 1.00. The van der Waals surface area contributed by atoms with E-state index in [2.05, 4.69) is 13.8 Å². The lowest BCUT2D eigenvalue weighted by molar-refractivity contribution is 0.00394. The van der Waals surface area contributed by atoms with Crippen LogP contribution in [-0.4, -0.2) is 30.0 Å². The Hall–Kier alpha value is -0.180. The lowest BCUT2D eigenvalue weighted by atomic mass is 9.79. The molecule has 0 aromatic heterocycles. The number of hydrogen-bond acceptors (Lipinski definition) is 1. The Kier molecular flexibility index (Phi) is 3.53. The summed E-state index contributed by atoms with van der Waals surface area (Å²) in [6.07, 6.45) is 4.77. The first-order chi connectivity index (χ1) is 7.48. The van der Waals surface area contributed by atoms with E-state index in [9.17, 15) is 8.78 Å². The smallest absolute Gasteiger partial charge is 0.261 e. The zero-order chi connectivity index (χ0) is 11.8. The van der Waals surface area contributed by atoms with Crippen LogP contribution in [0, 0.1) is 11.8 Å². The van der Waals surface area contributed by atoms with Crippen LogP contribution in [0.2, 0.25) is 0 Å². The normalized spacial score (nSPS) is 35.8. The highest BCUT2D eigenvalue weighted by molar-refractivity contribution is 4.88. The molecule has 94 valence electrons. The molecule has 2 aliphatic rings. The van der Waals surface area contributed by atoms with Crippen LogP contribution in [0.15, 0.2) is 0 Å². The van der Waals surface area contributed by atoms with Gasteiger partial charge in [-0.1, -0.05) is 13.8 Å². The van der Waals surface area contributed by atoms with E-state index in [0.29, 0.717) is 12.6 Å². The minimum absolute atomic E-state index is 0.00398. The topological polar surface area (TPSA) is 3.24 Å². The summed E-state index contributed by atoms with van der Waals surface area (Å²) >= 11 is 0. The Morgan fingerprint density at radius 1 is 1.12 bits per heavy atom. The Bertz CT molecular complexity index is 232. The summed E-state index contributed by atoms with van der Waals surface area (Å²) in [6, 6.07) is 0.434. The third-order valence-corrected chi connectivity index (χ3v) is 4.40. The fourth-order valence-corrected chi connectivity index (χ4v) is 3.21. The van der Waals surface area contributed by atoms with Gasteiger partial charge in [-0.15, -0.1) is 0 Å². The van der Waals surface area contributed by atoms with E-state index in [1.807, 2.05) is 4.90 Å². The molecule has 1 saturated carbocycles. The van der Waals surface area contributed by atoms with Crippen molar-refractivity contribution in [1.29, 1.82) is 0 Å². The maximum absolute atomic E-state index is 13.1. The first kappa shape index (κ1) is 12.3. The van der Waals surface area contributed by atoms with E-state index in [-0.39, 0.29) is 13.0 Å². The van der Waals surface area contributed by atoms with Crippen LogP contribution in [0.1, 0.15) is 46.0 Å². The summed E-state index contributed by atoms with van der Waals surface area (Å²) in [7, 11) is 0. The van der Waals surface area contributed by atoms with E-state index in [1.165, 1.54) is 12.8 Å². The number of rotatable bonds is 2. The SMILES string of the molecule is CC(C)C1CCC(N2CCC(F)(F)C2)CC1. The van der Waals surface area contributed by atoms with Crippen molar-refractivity contribution in [2.45, 2.75) is 57.9 Å². The molecule has 0 spiro atoms. The molecule has 2 rings (SSSR count). The van der Waals surface area contributed by atoms with Gasteiger partial charge in [0.05, 0.1) is 6.54 Å². The molecule has 1 heterocycles. The highest BCUT2D eigenvalue weighted by atomic mass is 19.3. The quantitative estimate of drug-likeness (QED) is 0.702. The molecule has 16 heavy (non-hydrogen) atoms. The van der Waals surface area contributed by atoms with Crippen LogP contribution in [0.4, 0.5) is 8.78 Å². The zero-order valence-electron chi connectivity index (χ0n) is 10.4. The van der Waals surface area contributed by atoms with E-state index >= 15 is 0 Å². The maximum atomic E-state index is 13.1. The van der Waals surface area contributed by atoms with Gasteiger partial charge in [0, 0.05) is 19.0 Å². The van der Waals surface area contributed by atoms with Gasteiger partial charge in [0.2, 0.25) is 0 Å². The Morgan fingerprint density at radius 3 is 2.19 bits per heavy atom. The lowest BCUT2D eigenvalue weighted by Gasteiger charge is -2.35. The average molecular weight is 231 g/mol. The second-order valence-corrected chi connectivity index (χ2v) is 5.89. The second-order valence-electron chi connectivity index (χ2n) is 5.89. The van der Waals surface area contributed by atoms with E-state index in [1.54, 1.807) is 0 Å². The summed E-state index contributed by atoms with van der Waals surface area (Å²) in [6.45, 7) is 5.15. The first-order valence-electron chi connectivity index (χ1n) is 6.60. The van der Waals surface area contributed by atoms with E-state index in [4.69, 9.17) is 0 Å². The van der Waals surface area contributed by atoms with E-state index < -0.39 is 5.92 Å². The molecule has 1 aliphatic carbocycles. The van der Waals surface area contributed by atoms with Crippen LogP contribution in [-0.2, 0) is 0 Å². The van der Waals surface area contributed by atoms with Gasteiger partial charge in [0.1, 0.15) is 0 Å². The van der Waals surface area contributed by atoms with Gasteiger partial charge in [-0.05, 0) is 37.5 Å². The van der Waals surface area contributed by atoms with Crippen molar-refractivity contribution in [3.05, 3.63) is 0 Å². The molecule has 0 aromatic rings. The largest absolute Gasteiger partial charge is 0.294 e.